The average Bonchev–Trinajstić information content (AvgIpc) is 2.45. The van der Waals surface area contributed by atoms with Crippen molar-refractivity contribution < 1.29 is 23.8 Å². The second kappa shape index (κ2) is 7.99. The zero-order valence-corrected chi connectivity index (χ0v) is 11.8. The molecule has 0 fully saturated rings. The van der Waals surface area contributed by atoms with E-state index in [9.17, 15) is 9.59 Å². The van der Waals surface area contributed by atoms with Gasteiger partial charge < -0.3 is 14.2 Å². The lowest BCUT2D eigenvalue weighted by Crippen LogP contribution is -2.20. The van der Waals surface area contributed by atoms with E-state index in [0.717, 1.165) is 0 Å². The van der Waals surface area contributed by atoms with Gasteiger partial charge in [-0.3, -0.25) is 0 Å². The molecule has 5 nitrogen and oxygen atoms in total. The summed E-state index contributed by atoms with van der Waals surface area (Å²) in [5, 5.41) is 0. The molecule has 0 bridgehead atoms. The Hall–Kier alpha value is -2.30. The largest absolute Gasteiger partial charge is 0.495 e. The second-order valence-electron chi connectivity index (χ2n) is 3.72. The van der Waals surface area contributed by atoms with Gasteiger partial charge in [0, 0.05) is 5.56 Å². The van der Waals surface area contributed by atoms with Crippen molar-refractivity contribution in [1.29, 1.82) is 0 Å². The predicted molar refractivity (Wildman–Crippen MR) is 73.6 cm³/mol. The molecule has 1 aromatic rings. The van der Waals surface area contributed by atoms with Crippen LogP contribution in [-0.2, 0) is 23.8 Å². The van der Waals surface area contributed by atoms with Gasteiger partial charge >= 0.3 is 11.9 Å². The van der Waals surface area contributed by atoms with Gasteiger partial charge in [-0.05, 0) is 13.8 Å². The number of hydrogen-bond donors (Lipinski definition) is 0. The van der Waals surface area contributed by atoms with Gasteiger partial charge in [-0.25, -0.2) is 9.59 Å². The molecule has 0 N–H and O–H groups in total. The summed E-state index contributed by atoms with van der Waals surface area (Å²) < 4.78 is 15.0. The number of benzene rings is 1. The van der Waals surface area contributed by atoms with Crippen LogP contribution in [0.2, 0.25) is 0 Å². The van der Waals surface area contributed by atoms with Crippen LogP contribution in [0.15, 0.2) is 35.9 Å². The molecule has 0 saturated carbocycles. The van der Waals surface area contributed by atoms with Crippen molar-refractivity contribution in [2.75, 3.05) is 20.3 Å². The molecule has 0 radical (unpaired) electrons. The van der Waals surface area contributed by atoms with Gasteiger partial charge in [-0.15, -0.1) is 0 Å². The van der Waals surface area contributed by atoms with E-state index in [0.29, 0.717) is 5.56 Å². The molecule has 1 aromatic carbocycles. The molecule has 0 atom stereocenters. The van der Waals surface area contributed by atoms with E-state index in [2.05, 4.69) is 0 Å². The first-order valence-corrected chi connectivity index (χ1v) is 6.33. The van der Waals surface area contributed by atoms with Crippen LogP contribution in [0.1, 0.15) is 19.4 Å². The van der Waals surface area contributed by atoms with E-state index < -0.39 is 11.9 Å². The second-order valence-corrected chi connectivity index (χ2v) is 3.72. The maximum Gasteiger partial charge on any atom is 0.349 e. The highest BCUT2D eigenvalue weighted by molar-refractivity contribution is 6.19. The minimum atomic E-state index is -0.758. The van der Waals surface area contributed by atoms with Gasteiger partial charge in [-0.1, -0.05) is 30.3 Å². The SMILES string of the molecule is CCOC(=O)C(C(=O)OCC)=C(OC)c1ccccc1. The van der Waals surface area contributed by atoms with Crippen LogP contribution in [-0.4, -0.2) is 32.3 Å². The van der Waals surface area contributed by atoms with E-state index in [1.165, 1.54) is 7.11 Å². The normalized spacial score (nSPS) is 9.55. The van der Waals surface area contributed by atoms with Crippen LogP contribution in [0, 0.1) is 0 Å². The molecule has 0 amide bonds. The molecule has 0 unspecified atom stereocenters. The number of rotatable bonds is 6. The number of hydrogen-bond acceptors (Lipinski definition) is 5. The van der Waals surface area contributed by atoms with Gasteiger partial charge in [0.15, 0.2) is 5.57 Å². The summed E-state index contributed by atoms with van der Waals surface area (Å²) in [6.07, 6.45) is 0. The van der Waals surface area contributed by atoms with E-state index in [1.54, 1.807) is 38.1 Å². The van der Waals surface area contributed by atoms with Gasteiger partial charge in [0.25, 0.3) is 0 Å². The first-order valence-electron chi connectivity index (χ1n) is 6.33. The van der Waals surface area contributed by atoms with E-state index in [1.807, 2.05) is 6.07 Å². The molecule has 20 heavy (non-hydrogen) atoms. The maximum absolute atomic E-state index is 12.0. The molecule has 1 rings (SSSR count). The predicted octanol–water partition coefficient (Wildman–Crippen LogP) is 2.17. The molecule has 0 aliphatic rings. The third-order valence-corrected chi connectivity index (χ3v) is 2.43. The third kappa shape index (κ3) is 3.85. The number of esters is 2. The topological polar surface area (TPSA) is 61.8 Å². The minimum Gasteiger partial charge on any atom is -0.495 e. The van der Waals surface area contributed by atoms with Crippen LogP contribution >= 0.6 is 0 Å². The molecule has 0 spiro atoms. The Morgan fingerprint density at radius 1 is 0.950 bits per heavy atom. The smallest absolute Gasteiger partial charge is 0.349 e. The number of methoxy groups -OCH3 is 1. The Bertz CT molecular complexity index is 470. The highest BCUT2D eigenvalue weighted by Crippen LogP contribution is 2.21. The lowest BCUT2D eigenvalue weighted by atomic mass is 10.1. The van der Waals surface area contributed by atoms with E-state index in [-0.39, 0.29) is 24.5 Å². The molecule has 5 heteroatoms. The van der Waals surface area contributed by atoms with Crippen LogP contribution in [0.25, 0.3) is 5.76 Å². The average molecular weight is 278 g/mol. The fourth-order valence-electron chi connectivity index (χ4n) is 1.63. The molecule has 0 saturated heterocycles. The number of carbonyl (C=O) groups excluding carboxylic acids is 2. The van der Waals surface area contributed by atoms with Crippen molar-refractivity contribution in [3.63, 3.8) is 0 Å². The van der Waals surface area contributed by atoms with Gasteiger partial charge in [0.2, 0.25) is 0 Å². The zero-order valence-electron chi connectivity index (χ0n) is 11.8. The highest BCUT2D eigenvalue weighted by Gasteiger charge is 2.27. The summed E-state index contributed by atoms with van der Waals surface area (Å²) in [6, 6.07) is 8.85. The number of carbonyl (C=O) groups is 2. The summed E-state index contributed by atoms with van der Waals surface area (Å²) >= 11 is 0. The fourth-order valence-corrected chi connectivity index (χ4v) is 1.63. The van der Waals surface area contributed by atoms with E-state index in [4.69, 9.17) is 14.2 Å². The third-order valence-electron chi connectivity index (χ3n) is 2.43. The lowest BCUT2D eigenvalue weighted by molar-refractivity contribution is -0.146. The maximum atomic E-state index is 12.0. The van der Waals surface area contributed by atoms with Crippen LogP contribution in [0.3, 0.4) is 0 Å². The summed E-state index contributed by atoms with van der Waals surface area (Å²) in [6.45, 7) is 3.65. The minimum absolute atomic E-state index is 0.141. The Morgan fingerprint density at radius 2 is 1.45 bits per heavy atom. The Morgan fingerprint density at radius 3 is 1.85 bits per heavy atom. The highest BCUT2D eigenvalue weighted by atomic mass is 16.6. The summed E-state index contributed by atoms with van der Waals surface area (Å²) in [7, 11) is 1.39. The Kier molecular flexibility index (Phi) is 6.29. The molecule has 108 valence electrons. The molecule has 0 aliphatic heterocycles. The van der Waals surface area contributed by atoms with Crippen LogP contribution < -0.4 is 0 Å². The van der Waals surface area contributed by atoms with Gasteiger partial charge in [0.05, 0.1) is 20.3 Å². The van der Waals surface area contributed by atoms with Crippen molar-refractivity contribution in [3.8, 4) is 0 Å². The lowest BCUT2D eigenvalue weighted by Gasteiger charge is -2.12. The van der Waals surface area contributed by atoms with Crippen molar-refractivity contribution in [2.24, 2.45) is 0 Å². The Balaban J connectivity index is 3.32. The van der Waals surface area contributed by atoms with E-state index >= 15 is 0 Å². The van der Waals surface area contributed by atoms with Crippen molar-refractivity contribution in [2.45, 2.75) is 13.8 Å². The zero-order chi connectivity index (χ0) is 15.0. The summed E-state index contributed by atoms with van der Waals surface area (Å²) in [5.74, 6) is -1.37. The number of ether oxygens (including phenoxy) is 3. The molecule has 0 aliphatic carbocycles. The van der Waals surface area contributed by atoms with Crippen LogP contribution in [0.5, 0.6) is 0 Å². The summed E-state index contributed by atoms with van der Waals surface area (Å²) in [5.41, 5.74) is 0.369. The quantitative estimate of drug-likeness (QED) is 0.262. The van der Waals surface area contributed by atoms with Gasteiger partial charge in [-0.2, -0.15) is 0 Å². The summed E-state index contributed by atoms with van der Waals surface area (Å²) in [4.78, 5) is 23.9. The molecular weight excluding hydrogens is 260 g/mol. The van der Waals surface area contributed by atoms with Crippen molar-refractivity contribution in [1.82, 2.24) is 0 Å². The van der Waals surface area contributed by atoms with Gasteiger partial charge in [0.1, 0.15) is 5.76 Å². The molecular formula is C15H18O5. The Labute approximate surface area is 118 Å². The monoisotopic (exact) mass is 278 g/mol. The molecule has 0 heterocycles. The first kappa shape index (κ1) is 15.8. The standard InChI is InChI=1S/C15H18O5/c1-4-19-14(16)12(15(17)20-5-2)13(18-3)11-9-7-6-8-10-11/h6-10H,4-5H2,1-3H3. The van der Waals surface area contributed by atoms with Crippen LogP contribution in [0.4, 0.5) is 0 Å². The van der Waals surface area contributed by atoms with Crippen molar-refractivity contribution in [3.05, 3.63) is 41.5 Å². The molecule has 0 aromatic heterocycles. The van der Waals surface area contributed by atoms with Crippen molar-refractivity contribution >= 4 is 17.7 Å². The fraction of sp³-hybridized carbons (Fsp3) is 0.333. The first-order chi connectivity index (χ1) is 9.65.